The molecular formula is C22H23F3N4OS2. The van der Waals surface area contributed by atoms with E-state index in [0.29, 0.717) is 24.5 Å². The molecule has 5 nitrogen and oxygen atoms in total. The minimum Gasteiger partial charge on any atom is -0.310 e. The van der Waals surface area contributed by atoms with E-state index in [0.717, 1.165) is 45.4 Å². The molecule has 0 saturated heterocycles. The van der Waals surface area contributed by atoms with E-state index in [1.165, 1.54) is 23.5 Å². The van der Waals surface area contributed by atoms with Gasteiger partial charge in [-0.1, -0.05) is 19.1 Å². The minimum absolute atomic E-state index is 0.0475. The lowest BCUT2D eigenvalue weighted by atomic mass is 9.79. The Balaban J connectivity index is 1.24. The van der Waals surface area contributed by atoms with Crippen LogP contribution in [-0.4, -0.2) is 21.9 Å². The number of alkyl halides is 3. The second kappa shape index (κ2) is 9.29. The van der Waals surface area contributed by atoms with Gasteiger partial charge in [-0.2, -0.15) is 13.2 Å². The Kier molecular flexibility index (Phi) is 6.64. The number of nitrogens with zero attached hydrogens (tertiary/aromatic N) is 2. The summed E-state index contributed by atoms with van der Waals surface area (Å²) in [6, 6.07) is 5.31. The third-order valence-corrected chi connectivity index (χ3v) is 7.58. The summed E-state index contributed by atoms with van der Waals surface area (Å²) in [4.78, 5) is 22.6. The maximum Gasteiger partial charge on any atom is 0.416 e. The van der Waals surface area contributed by atoms with Gasteiger partial charge in [0.1, 0.15) is 0 Å². The predicted octanol–water partition coefficient (Wildman–Crippen LogP) is 5.66. The number of halogens is 3. The Morgan fingerprint density at radius 1 is 1.19 bits per heavy atom. The van der Waals surface area contributed by atoms with E-state index in [-0.39, 0.29) is 17.9 Å². The van der Waals surface area contributed by atoms with Crippen molar-refractivity contribution in [3.05, 3.63) is 51.5 Å². The Morgan fingerprint density at radius 2 is 1.91 bits per heavy atom. The van der Waals surface area contributed by atoms with Gasteiger partial charge in [0.2, 0.25) is 5.91 Å². The van der Waals surface area contributed by atoms with Crippen molar-refractivity contribution in [3.63, 3.8) is 0 Å². The van der Waals surface area contributed by atoms with Crippen LogP contribution in [-0.2, 0) is 23.9 Å². The van der Waals surface area contributed by atoms with Gasteiger partial charge in [0.25, 0.3) is 0 Å². The van der Waals surface area contributed by atoms with Gasteiger partial charge >= 0.3 is 6.18 Å². The zero-order valence-electron chi connectivity index (χ0n) is 17.6. The summed E-state index contributed by atoms with van der Waals surface area (Å²) >= 11 is 3.03. The summed E-state index contributed by atoms with van der Waals surface area (Å²) in [5.41, 5.74) is 1.93. The molecule has 0 radical (unpaired) electrons. The van der Waals surface area contributed by atoms with Crippen molar-refractivity contribution in [2.75, 3.05) is 5.32 Å². The number of hydrogen-bond donors (Lipinski definition) is 2. The Hall–Kier alpha value is -2.30. The van der Waals surface area contributed by atoms with Crippen molar-refractivity contribution in [1.82, 2.24) is 15.3 Å². The van der Waals surface area contributed by atoms with Crippen LogP contribution in [0.3, 0.4) is 0 Å². The van der Waals surface area contributed by atoms with Crippen molar-refractivity contribution in [3.8, 4) is 10.6 Å². The molecule has 170 valence electrons. The fraction of sp³-hybridized carbons (Fsp3) is 0.409. The van der Waals surface area contributed by atoms with E-state index in [1.807, 2.05) is 12.3 Å². The van der Waals surface area contributed by atoms with Gasteiger partial charge < -0.3 is 10.6 Å². The van der Waals surface area contributed by atoms with Gasteiger partial charge in [-0.15, -0.1) is 22.7 Å². The van der Waals surface area contributed by atoms with Crippen molar-refractivity contribution in [2.45, 2.75) is 51.9 Å². The highest BCUT2D eigenvalue weighted by atomic mass is 32.1. The first-order chi connectivity index (χ1) is 15.2. The molecule has 1 aromatic carbocycles. The fourth-order valence-electron chi connectivity index (χ4n) is 3.56. The van der Waals surface area contributed by atoms with Crippen LogP contribution in [0.25, 0.3) is 10.6 Å². The number of rotatable bonds is 7. The number of carbonyl (C=O) groups is 1. The molecule has 0 bridgehead atoms. The van der Waals surface area contributed by atoms with Crippen LogP contribution >= 0.6 is 22.7 Å². The summed E-state index contributed by atoms with van der Waals surface area (Å²) < 4.78 is 37.9. The van der Waals surface area contributed by atoms with Gasteiger partial charge in [-0.25, -0.2) is 9.97 Å². The number of aryl methyl sites for hydroxylation is 2. The SMILES string of the molecule is CCc1nc(C)c(-c2csc(NC(=O)[C@H]3C[C@@H](NCc4ccc(C(F)(F)F)cc4)C3)n2)s1. The number of amides is 1. The second-order valence-corrected chi connectivity index (χ2v) is 9.79. The quantitative estimate of drug-likeness (QED) is 0.458. The Bertz CT molecular complexity index is 1090. The highest BCUT2D eigenvalue weighted by Crippen LogP contribution is 2.34. The molecule has 1 saturated carbocycles. The van der Waals surface area contributed by atoms with Crippen LogP contribution in [0.2, 0.25) is 0 Å². The average Bonchev–Trinajstić information content (AvgIpc) is 3.32. The molecule has 2 heterocycles. The fourth-order valence-corrected chi connectivity index (χ4v) is 5.30. The number of thiazole rings is 2. The highest BCUT2D eigenvalue weighted by Gasteiger charge is 2.34. The van der Waals surface area contributed by atoms with Gasteiger partial charge in [0, 0.05) is 23.9 Å². The maximum atomic E-state index is 12.6. The summed E-state index contributed by atoms with van der Waals surface area (Å²) in [5.74, 6) is -0.141. The molecule has 0 unspecified atom stereocenters. The van der Waals surface area contributed by atoms with E-state index < -0.39 is 11.7 Å². The molecule has 1 aliphatic carbocycles. The predicted molar refractivity (Wildman–Crippen MR) is 121 cm³/mol. The smallest absolute Gasteiger partial charge is 0.310 e. The standard InChI is InChI=1S/C22H23F3N4OS2/c1-3-18-27-12(2)19(32-18)17-11-31-21(28-17)29-20(30)14-8-16(9-14)26-10-13-4-6-15(7-5-13)22(23,24)25/h4-7,11,14,16,26H,3,8-10H2,1-2H3,(H,28,29,30)/t14-,16+. The summed E-state index contributed by atoms with van der Waals surface area (Å²) in [6.45, 7) is 4.51. The summed E-state index contributed by atoms with van der Waals surface area (Å²) in [6.07, 6.45) is -2.05. The van der Waals surface area contributed by atoms with Crippen molar-refractivity contribution >= 4 is 33.7 Å². The number of aromatic nitrogens is 2. The third kappa shape index (κ3) is 5.19. The lowest BCUT2D eigenvalue weighted by Crippen LogP contribution is -2.45. The zero-order chi connectivity index (χ0) is 22.9. The number of carbonyl (C=O) groups excluding carboxylic acids is 1. The highest BCUT2D eigenvalue weighted by molar-refractivity contribution is 7.17. The van der Waals surface area contributed by atoms with Crippen LogP contribution < -0.4 is 10.6 Å². The zero-order valence-corrected chi connectivity index (χ0v) is 19.3. The molecule has 1 aliphatic rings. The first-order valence-corrected chi connectivity index (χ1v) is 12.0. The van der Waals surface area contributed by atoms with E-state index >= 15 is 0 Å². The molecule has 2 aromatic heterocycles. The molecule has 10 heteroatoms. The van der Waals surface area contributed by atoms with E-state index in [9.17, 15) is 18.0 Å². The number of nitrogens with one attached hydrogen (secondary N) is 2. The second-order valence-electron chi connectivity index (χ2n) is 7.84. The normalized spacial score (nSPS) is 18.4. The first kappa shape index (κ1) is 22.9. The number of benzene rings is 1. The van der Waals surface area contributed by atoms with Crippen molar-refractivity contribution < 1.29 is 18.0 Å². The van der Waals surface area contributed by atoms with Crippen molar-refractivity contribution in [1.29, 1.82) is 0 Å². The summed E-state index contributed by atoms with van der Waals surface area (Å²) in [5, 5.41) is 9.80. The molecule has 1 fully saturated rings. The van der Waals surface area contributed by atoms with Gasteiger partial charge in [-0.05, 0) is 43.9 Å². The number of hydrogen-bond acceptors (Lipinski definition) is 6. The van der Waals surface area contributed by atoms with Crippen LogP contribution in [0.15, 0.2) is 29.6 Å². The molecule has 4 rings (SSSR count). The molecule has 1 amide bonds. The summed E-state index contributed by atoms with van der Waals surface area (Å²) in [7, 11) is 0. The number of anilines is 1. The van der Waals surface area contributed by atoms with Crippen LogP contribution in [0.5, 0.6) is 0 Å². The van der Waals surface area contributed by atoms with E-state index in [1.54, 1.807) is 11.3 Å². The minimum atomic E-state index is -4.32. The lowest BCUT2D eigenvalue weighted by molar-refractivity contribution is -0.137. The van der Waals surface area contributed by atoms with Gasteiger partial charge in [0.05, 0.1) is 26.8 Å². The topological polar surface area (TPSA) is 66.9 Å². The third-order valence-electron chi connectivity index (χ3n) is 5.50. The monoisotopic (exact) mass is 480 g/mol. The average molecular weight is 481 g/mol. The van der Waals surface area contributed by atoms with Crippen LogP contribution in [0, 0.1) is 12.8 Å². The molecular weight excluding hydrogens is 457 g/mol. The van der Waals surface area contributed by atoms with Gasteiger partial charge in [0.15, 0.2) is 5.13 Å². The largest absolute Gasteiger partial charge is 0.416 e. The van der Waals surface area contributed by atoms with Gasteiger partial charge in [-0.3, -0.25) is 4.79 Å². The first-order valence-electron chi connectivity index (χ1n) is 10.4. The Labute approximate surface area is 192 Å². The molecule has 3 aromatic rings. The molecule has 32 heavy (non-hydrogen) atoms. The van der Waals surface area contributed by atoms with E-state index in [4.69, 9.17) is 0 Å². The molecule has 0 atom stereocenters. The van der Waals surface area contributed by atoms with Crippen LogP contribution in [0.1, 0.15) is 41.6 Å². The molecule has 2 N–H and O–H groups in total. The van der Waals surface area contributed by atoms with Crippen LogP contribution in [0.4, 0.5) is 18.3 Å². The lowest BCUT2D eigenvalue weighted by Gasteiger charge is -2.34. The van der Waals surface area contributed by atoms with Crippen molar-refractivity contribution in [2.24, 2.45) is 5.92 Å². The maximum absolute atomic E-state index is 12.6. The molecule has 0 spiro atoms. The van der Waals surface area contributed by atoms with E-state index in [2.05, 4.69) is 27.5 Å². The Morgan fingerprint density at radius 3 is 2.53 bits per heavy atom. The molecule has 0 aliphatic heterocycles.